The summed E-state index contributed by atoms with van der Waals surface area (Å²) in [6, 6.07) is 0. The van der Waals surface area contributed by atoms with Gasteiger partial charge in [0.15, 0.2) is 6.29 Å². The lowest BCUT2D eigenvalue weighted by atomic mass is 9.58. The molecule has 1 saturated carbocycles. The van der Waals surface area contributed by atoms with Gasteiger partial charge in [-0.1, -0.05) is 13.8 Å². The highest BCUT2D eigenvalue weighted by Gasteiger charge is 2.59. The summed E-state index contributed by atoms with van der Waals surface area (Å²) >= 11 is 0. The van der Waals surface area contributed by atoms with E-state index in [1.807, 2.05) is 0 Å². The summed E-state index contributed by atoms with van der Waals surface area (Å²) in [5.74, 6) is 1.71. The lowest BCUT2D eigenvalue weighted by molar-refractivity contribution is -0.323. The average molecular weight is 254 g/mol. The second kappa shape index (κ2) is 4.46. The lowest BCUT2D eigenvalue weighted by Gasteiger charge is -2.55. The van der Waals surface area contributed by atoms with Crippen LogP contribution in [0.5, 0.6) is 0 Å². The molecule has 3 aliphatic rings. The SMILES string of the molecule is CC1CCC2[C@H](C)CC[C@H]3C(C)CO[C@H](O1)[C@@]23O. The fraction of sp³-hybridized carbons (Fsp3) is 1.00. The fourth-order valence-electron chi connectivity index (χ4n) is 4.54. The van der Waals surface area contributed by atoms with Crippen LogP contribution in [-0.2, 0) is 9.47 Å². The molecule has 7 atom stereocenters. The summed E-state index contributed by atoms with van der Waals surface area (Å²) < 4.78 is 11.8. The fourth-order valence-corrected chi connectivity index (χ4v) is 4.54. The predicted molar refractivity (Wildman–Crippen MR) is 69.0 cm³/mol. The molecule has 104 valence electrons. The van der Waals surface area contributed by atoms with Gasteiger partial charge < -0.3 is 14.6 Å². The van der Waals surface area contributed by atoms with Crippen LogP contribution in [0, 0.1) is 23.7 Å². The molecule has 1 aliphatic carbocycles. The van der Waals surface area contributed by atoms with Gasteiger partial charge in [0.05, 0.1) is 12.7 Å². The third-order valence-electron chi connectivity index (χ3n) is 5.62. The maximum Gasteiger partial charge on any atom is 0.187 e. The predicted octanol–water partition coefficient (Wildman–Crippen LogP) is 2.57. The van der Waals surface area contributed by atoms with Crippen molar-refractivity contribution in [2.45, 2.75) is 64.4 Å². The molecule has 0 bridgehead atoms. The first-order valence-electron chi connectivity index (χ1n) is 7.53. The van der Waals surface area contributed by atoms with Crippen LogP contribution < -0.4 is 0 Å². The Morgan fingerprint density at radius 3 is 2.39 bits per heavy atom. The summed E-state index contributed by atoms with van der Waals surface area (Å²) in [4.78, 5) is 0. The molecule has 0 spiro atoms. The molecule has 2 heterocycles. The number of rotatable bonds is 0. The second-order valence-corrected chi connectivity index (χ2v) is 6.82. The molecule has 3 rings (SSSR count). The van der Waals surface area contributed by atoms with E-state index in [4.69, 9.17) is 9.47 Å². The minimum atomic E-state index is -0.750. The van der Waals surface area contributed by atoms with Crippen LogP contribution in [0.3, 0.4) is 0 Å². The Labute approximate surface area is 110 Å². The van der Waals surface area contributed by atoms with Crippen LogP contribution >= 0.6 is 0 Å². The molecule has 0 aromatic carbocycles. The standard InChI is InChI=1S/C15H26O3/c1-9-4-6-13-10(2)8-17-14-15(13,16)12(9)7-5-11(3)18-14/h9-14,16H,4-8H2,1-3H3/t9-,10?,11?,12?,13+,14-,15-/m1/s1. The average Bonchev–Trinajstić information content (AvgIpc) is 2.44. The summed E-state index contributed by atoms with van der Waals surface area (Å²) in [5, 5.41) is 11.4. The molecule has 0 aromatic heterocycles. The number of ether oxygens (including phenoxy) is 2. The second-order valence-electron chi connectivity index (χ2n) is 6.82. The summed E-state index contributed by atoms with van der Waals surface area (Å²) in [5.41, 5.74) is -0.750. The highest BCUT2D eigenvalue weighted by atomic mass is 16.7. The lowest BCUT2D eigenvalue weighted by Crippen LogP contribution is -2.64. The number of hydrogen-bond donors (Lipinski definition) is 1. The topological polar surface area (TPSA) is 38.7 Å². The van der Waals surface area contributed by atoms with E-state index in [0.717, 1.165) is 25.9 Å². The molecule has 2 aliphatic heterocycles. The van der Waals surface area contributed by atoms with Crippen LogP contribution in [0.1, 0.15) is 46.5 Å². The molecule has 0 radical (unpaired) electrons. The van der Waals surface area contributed by atoms with Crippen molar-refractivity contribution in [2.75, 3.05) is 6.61 Å². The van der Waals surface area contributed by atoms with Gasteiger partial charge in [-0.3, -0.25) is 0 Å². The Balaban J connectivity index is 1.98. The van der Waals surface area contributed by atoms with Gasteiger partial charge in [0.25, 0.3) is 0 Å². The van der Waals surface area contributed by atoms with E-state index < -0.39 is 11.9 Å². The molecule has 2 saturated heterocycles. The largest absolute Gasteiger partial charge is 0.384 e. The first-order valence-corrected chi connectivity index (χ1v) is 7.53. The molecular formula is C15H26O3. The van der Waals surface area contributed by atoms with Gasteiger partial charge in [-0.05, 0) is 56.3 Å². The van der Waals surface area contributed by atoms with Crippen molar-refractivity contribution in [3.05, 3.63) is 0 Å². The van der Waals surface area contributed by atoms with Crippen LogP contribution in [0.2, 0.25) is 0 Å². The molecular weight excluding hydrogens is 228 g/mol. The summed E-state index contributed by atoms with van der Waals surface area (Å²) in [7, 11) is 0. The minimum Gasteiger partial charge on any atom is -0.384 e. The first-order chi connectivity index (χ1) is 8.53. The molecule has 0 amide bonds. The number of hydrogen-bond acceptors (Lipinski definition) is 3. The Kier molecular flexibility index (Phi) is 3.20. The summed E-state index contributed by atoms with van der Waals surface area (Å²) in [6.07, 6.45) is 4.27. The third-order valence-corrected chi connectivity index (χ3v) is 5.62. The van der Waals surface area contributed by atoms with Gasteiger partial charge in [0.2, 0.25) is 0 Å². The zero-order chi connectivity index (χ0) is 12.9. The smallest absolute Gasteiger partial charge is 0.187 e. The van der Waals surface area contributed by atoms with Crippen LogP contribution in [0.4, 0.5) is 0 Å². The highest BCUT2D eigenvalue weighted by Crippen LogP contribution is 2.53. The Morgan fingerprint density at radius 2 is 1.61 bits per heavy atom. The van der Waals surface area contributed by atoms with Crippen molar-refractivity contribution >= 4 is 0 Å². The quantitative estimate of drug-likeness (QED) is 0.722. The van der Waals surface area contributed by atoms with Gasteiger partial charge in [-0.25, -0.2) is 0 Å². The monoisotopic (exact) mass is 254 g/mol. The third kappa shape index (κ3) is 1.75. The molecule has 3 fully saturated rings. The van der Waals surface area contributed by atoms with Gasteiger partial charge >= 0.3 is 0 Å². The molecule has 3 nitrogen and oxygen atoms in total. The maximum absolute atomic E-state index is 11.4. The van der Waals surface area contributed by atoms with E-state index in [9.17, 15) is 5.11 Å². The Hall–Kier alpha value is -0.120. The van der Waals surface area contributed by atoms with Crippen molar-refractivity contribution in [3.63, 3.8) is 0 Å². The van der Waals surface area contributed by atoms with Gasteiger partial charge in [0.1, 0.15) is 5.60 Å². The van der Waals surface area contributed by atoms with Crippen molar-refractivity contribution in [1.29, 1.82) is 0 Å². The Morgan fingerprint density at radius 1 is 0.944 bits per heavy atom. The molecule has 3 unspecified atom stereocenters. The highest BCUT2D eigenvalue weighted by molar-refractivity contribution is 5.05. The minimum absolute atomic E-state index is 0.200. The van der Waals surface area contributed by atoms with Crippen LogP contribution in [0.25, 0.3) is 0 Å². The number of aliphatic hydroxyl groups is 1. The van der Waals surface area contributed by atoms with E-state index >= 15 is 0 Å². The summed E-state index contributed by atoms with van der Waals surface area (Å²) in [6.45, 7) is 7.32. The van der Waals surface area contributed by atoms with E-state index in [1.165, 1.54) is 6.42 Å². The van der Waals surface area contributed by atoms with Crippen molar-refractivity contribution in [3.8, 4) is 0 Å². The zero-order valence-electron chi connectivity index (χ0n) is 11.8. The van der Waals surface area contributed by atoms with Gasteiger partial charge in [-0.15, -0.1) is 0 Å². The Bertz CT molecular complexity index is 319. The van der Waals surface area contributed by atoms with Gasteiger partial charge in [-0.2, -0.15) is 0 Å². The van der Waals surface area contributed by atoms with Crippen molar-refractivity contribution in [1.82, 2.24) is 0 Å². The zero-order valence-corrected chi connectivity index (χ0v) is 11.8. The van der Waals surface area contributed by atoms with Crippen molar-refractivity contribution < 1.29 is 14.6 Å². The van der Waals surface area contributed by atoms with Crippen LogP contribution in [0.15, 0.2) is 0 Å². The molecule has 3 heteroatoms. The van der Waals surface area contributed by atoms with E-state index in [1.54, 1.807) is 0 Å². The molecule has 1 N–H and O–H groups in total. The molecule has 0 aromatic rings. The molecule has 18 heavy (non-hydrogen) atoms. The van der Waals surface area contributed by atoms with Gasteiger partial charge in [0, 0.05) is 0 Å². The normalized spacial score (nSPS) is 56.7. The van der Waals surface area contributed by atoms with E-state index in [-0.39, 0.29) is 6.10 Å². The first kappa shape index (κ1) is 12.9. The van der Waals surface area contributed by atoms with E-state index in [2.05, 4.69) is 20.8 Å². The van der Waals surface area contributed by atoms with Crippen LogP contribution in [-0.4, -0.2) is 29.7 Å². The van der Waals surface area contributed by atoms with Crippen molar-refractivity contribution in [2.24, 2.45) is 23.7 Å². The maximum atomic E-state index is 11.4. The van der Waals surface area contributed by atoms with E-state index in [0.29, 0.717) is 23.7 Å².